The van der Waals surface area contributed by atoms with Gasteiger partial charge in [-0.25, -0.2) is 4.68 Å². The Labute approximate surface area is 174 Å². The zero-order valence-corrected chi connectivity index (χ0v) is 17.1. The number of anilines is 1. The van der Waals surface area contributed by atoms with Crippen LogP contribution >= 0.6 is 27.5 Å². The van der Waals surface area contributed by atoms with Crippen LogP contribution in [0.1, 0.15) is 17.4 Å². The Bertz CT molecular complexity index is 1080. The molecule has 3 aromatic rings. The van der Waals surface area contributed by atoms with Crippen LogP contribution in [-0.4, -0.2) is 28.9 Å². The predicted molar refractivity (Wildman–Crippen MR) is 112 cm³/mol. The number of halogens is 2. The van der Waals surface area contributed by atoms with Crippen LogP contribution in [0.5, 0.6) is 0 Å². The highest BCUT2D eigenvalue weighted by molar-refractivity contribution is 9.10. The Kier molecular flexibility index (Phi) is 6.01. The minimum Gasteiger partial charge on any atom is -0.348 e. The number of carbonyl (C=O) groups excluding carboxylic acids is 3. The van der Waals surface area contributed by atoms with Crippen molar-refractivity contribution in [3.05, 3.63) is 63.7 Å². The lowest BCUT2D eigenvalue weighted by molar-refractivity contribution is -0.136. The second-order valence-electron chi connectivity index (χ2n) is 5.83. The number of rotatable bonds is 4. The lowest BCUT2D eigenvalue weighted by Crippen LogP contribution is -2.39. The maximum Gasteiger partial charge on any atom is 0.328 e. The number of amides is 3. The van der Waals surface area contributed by atoms with E-state index in [4.69, 9.17) is 11.6 Å². The first kappa shape index (κ1) is 19.9. The topological polar surface area (TPSA) is 92.2 Å². The van der Waals surface area contributed by atoms with Gasteiger partial charge in [-0.05, 0) is 49.4 Å². The Hall–Kier alpha value is -2.84. The molecule has 0 aliphatic rings. The van der Waals surface area contributed by atoms with Crippen molar-refractivity contribution in [1.29, 1.82) is 0 Å². The number of benzene rings is 2. The third-order valence-corrected chi connectivity index (χ3v) is 4.56. The second-order valence-corrected chi connectivity index (χ2v) is 7.19. The summed E-state index contributed by atoms with van der Waals surface area (Å²) >= 11 is 9.34. The summed E-state index contributed by atoms with van der Waals surface area (Å²) in [6, 6.07) is 13.6. The van der Waals surface area contributed by atoms with Crippen LogP contribution in [0.25, 0.3) is 10.9 Å². The average Bonchev–Trinajstić information content (AvgIpc) is 2.99. The molecule has 144 valence electrons. The summed E-state index contributed by atoms with van der Waals surface area (Å²) in [5.74, 6) is -2.13. The lowest BCUT2D eigenvalue weighted by atomic mass is 10.2. The molecular weight excluding hydrogens is 448 g/mol. The number of carbonyl (C=O) groups is 3. The van der Waals surface area contributed by atoms with Crippen LogP contribution in [0.2, 0.25) is 5.02 Å². The van der Waals surface area contributed by atoms with Crippen molar-refractivity contribution in [2.24, 2.45) is 0 Å². The van der Waals surface area contributed by atoms with Gasteiger partial charge in [0.25, 0.3) is 5.91 Å². The molecule has 0 spiro atoms. The van der Waals surface area contributed by atoms with Gasteiger partial charge in [0, 0.05) is 27.1 Å². The van der Waals surface area contributed by atoms with Gasteiger partial charge in [0.1, 0.15) is 5.69 Å². The number of likely N-dealkylation sites (N-methyl/N-ethyl adjacent to an activating group) is 1. The van der Waals surface area contributed by atoms with Gasteiger partial charge in [0.2, 0.25) is 0 Å². The van der Waals surface area contributed by atoms with E-state index in [2.05, 4.69) is 32.0 Å². The van der Waals surface area contributed by atoms with E-state index in [9.17, 15) is 14.4 Å². The molecular formula is C19H16BrClN4O3. The Morgan fingerprint density at radius 1 is 1.07 bits per heavy atom. The minimum absolute atomic E-state index is 0.158. The van der Waals surface area contributed by atoms with Crippen molar-refractivity contribution in [3.8, 4) is 0 Å². The molecule has 3 amide bonds. The monoisotopic (exact) mass is 462 g/mol. The number of hydrogen-bond donors (Lipinski definition) is 3. The molecule has 9 heteroatoms. The molecule has 0 aliphatic heterocycles. The summed E-state index contributed by atoms with van der Waals surface area (Å²) < 4.78 is 2.10. The fraction of sp³-hybridized carbons (Fsp3) is 0.105. The van der Waals surface area contributed by atoms with Crippen molar-refractivity contribution >= 4 is 61.8 Å². The first-order valence-corrected chi connectivity index (χ1v) is 9.53. The van der Waals surface area contributed by atoms with Crippen molar-refractivity contribution in [2.75, 3.05) is 17.3 Å². The second kappa shape index (κ2) is 8.45. The third-order valence-electron chi connectivity index (χ3n) is 3.84. The molecule has 0 saturated heterocycles. The molecule has 1 aromatic heterocycles. The van der Waals surface area contributed by atoms with Gasteiger partial charge in [-0.3, -0.25) is 19.8 Å². The highest BCUT2D eigenvalue weighted by atomic mass is 79.9. The Morgan fingerprint density at radius 2 is 1.86 bits per heavy atom. The van der Waals surface area contributed by atoms with E-state index < -0.39 is 17.7 Å². The molecule has 1 heterocycles. The fourth-order valence-corrected chi connectivity index (χ4v) is 3.20. The summed E-state index contributed by atoms with van der Waals surface area (Å²) in [6.07, 6.45) is 0. The Balaban J connectivity index is 1.99. The molecule has 0 atom stereocenters. The van der Waals surface area contributed by atoms with Crippen LogP contribution in [0.3, 0.4) is 0 Å². The highest BCUT2D eigenvalue weighted by Crippen LogP contribution is 2.24. The molecule has 0 radical (unpaired) electrons. The van der Waals surface area contributed by atoms with E-state index in [1.54, 1.807) is 55.5 Å². The summed E-state index contributed by atoms with van der Waals surface area (Å²) in [6.45, 7) is 2.02. The first-order valence-electron chi connectivity index (χ1n) is 8.36. The van der Waals surface area contributed by atoms with E-state index in [0.717, 1.165) is 4.47 Å². The predicted octanol–water partition coefficient (Wildman–Crippen LogP) is 3.52. The molecule has 0 unspecified atom stereocenters. The fourth-order valence-electron chi connectivity index (χ4n) is 2.63. The lowest BCUT2D eigenvalue weighted by Gasteiger charge is -2.12. The summed E-state index contributed by atoms with van der Waals surface area (Å²) in [5.41, 5.74) is 3.71. The number of nitrogens with zero attached hydrogens (tertiary/aromatic N) is 1. The molecule has 7 nitrogen and oxygen atoms in total. The van der Waals surface area contributed by atoms with Gasteiger partial charge in [-0.2, -0.15) is 0 Å². The molecule has 3 N–H and O–H groups in total. The number of fused-ring (bicyclic) bond motifs is 1. The largest absolute Gasteiger partial charge is 0.348 e. The molecule has 0 saturated carbocycles. The van der Waals surface area contributed by atoms with E-state index >= 15 is 0 Å². The summed E-state index contributed by atoms with van der Waals surface area (Å²) in [7, 11) is 0. The van der Waals surface area contributed by atoms with E-state index in [1.165, 1.54) is 4.68 Å². The van der Waals surface area contributed by atoms with Gasteiger partial charge < -0.3 is 10.6 Å². The van der Waals surface area contributed by atoms with Gasteiger partial charge >= 0.3 is 11.8 Å². The van der Waals surface area contributed by atoms with Gasteiger partial charge in [-0.1, -0.05) is 33.6 Å². The maximum atomic E-state index is 12.8. The highest BCUT2D eigenvalue weighted by Gasteiger charge is 2.20. The zero-order chi connectivity index (χ0) is 20.3. The molecule has 2 aromatic carbocycles. The molecule has 0 bridgehead atoms. The number of nitrogens with one attached hydrogen (secondary N) is 3. The molecule has 0 fully saturated rings. The van der Waals surface area contributed by atoms with E-state index in [0.29, 0.717) is 28.2 Å². The summed E-state index contributed by atoms with van der Waals surface area (Å²) in [4.78, 5) is 36.8. The summed E-state index contributed by atoms with van der Waals surface area (Å²) in [5, 5.41) is 6.35. The number of aromatic nitrogens is 1. The molecule has 28 heavy (non-hydrogen) atoms. The van der Waals surface area contributed by atoms with Crippen LogP contribution < -0.4 is 16.1 Å². The molecule has 0 aliphatic carbocycles. The van der Waals surface area contributed by atoms with Crippen molar-refractivity contribution in [1.82, 2.24) is 9.99 Å². The van der Waals surface area contributed by atoms with Gasteiger partial charge in [0.05, 0.1) is 5.52 Å². The maximum absolute atomic E-state index is 12.8. The third kappa shape index (κ3) is 4.35. The number of hydrogen-bond acceptors (Lipinski definition) is 3. The van der Waals surface area contributed by atoms with Crippen molar-refractivity contribution in [2.45, 2.75) is 6.92 Å². The zero-order valence-electron chi connectivity index (χ0n) is 14.8. The SMILES string of the molecule is CCNC(=O)C(=O)Nn1c(C(=O)Nc2cccc(Cl)c2)cc2cc(Br)ccc21. The van der Waals surface area contributed by atoms with Gasteiger partial charge in [0.15, 0.2) is 0 Å². The van der Waals surface area contributed by atoms with Crippen molar-refractivity contribution < 1.29 is 14.4 Å². The standard InChI is InChI=1S/C19H16BrClN4O3/c1-2-22-18(27)19(28)24-25-15-7-6-12(20)8-11(15)9-16(25)17(26)23-14-5-3-4-13(21)10-14/h3-10H,2H2,1H3,(H,22,27)(H,23,26)(H,24,28). The average molecular weight is 464 g/mol. The van der Waals surface area contributed by atoms with Crippen LogP contribution in [0.4, 0.5) is 5.69 Å². The van der Waals surface area contributed by atoms with E-state index in [1.807, 2.05) is 0 Å². The quantitative estimate of drug-likeness (QED) is 0.517. The van der Waals surface area contributed by atoms with Crippen LogP contribution in [0.15, 0.2) is 53.0 Å². The molecule has 3 rings (SSSR count). The first-order chi connectivity index (χ1) is 13.4. The minimum atomic E-state index is -0.876. The smallest absolute Gasteiger partial charge is 0.328 e. The van der Waals surface area contributed by atoms with Crippen LogP contribution in [-0.2, 0) is 9.59 Å². The Morgan fingerprint density at radius 3 is 2.57 bits per heavy atom. The van der Waals surface area contributed by atoms with E-state index in [-0.39, 0.29) is 5.69 Å². The van der Waals surface area contributed by atoms with Crippen LogP contribution in [0, 0.1) is 0 Å². The van der Waals surface area contributed by atoms with Gasteiger partial charge in [-0.15, -0.1) is 0 Å². The van der Waals surface area contributed by atoms with Crippen molar-refractivity contribution in [3.63, 3.8) is 0 Å². The normalized spacial score (nSPS) is 10.5.